The number of nitrogens with zero attached hydrogens (tertiary/aromatic N) is 4. The summed E-state index contributed by atoms with van der Waals surface area (Å²) in [7, 11) is 1.98. The summed E-state index contributed by atoms with van der Waals surface area (Å²) in [5, 5.41) is 0.970. The SMILES string of the molecule is Cn1ccnc1SCc1ccc(C(=O)N2CCN(c3ccccc3F)CC2)cc1. The number of benzene rings is 2. The summed E-state index contributed by atoms with van der Waals surface area (Å²) in [6.45, 7) is 2.43. The smallest absolute Gasteiger partial charge is 0.253 e. The van der Waals surface area contributed by atoms with Gasteiger partial charge in [-0.15, -0.1) is 0 Å². The number of imidazole rings is 1. The van der Waals surface area contributed by atoms with Crippen LogP contribution < -0.4 is 4.90 Å². The highest BCUT2D eigenvalue weighted by atomic mass is 32.2. The van der Waals surface area contributed by atoms with Gasteiger partial charge in [0.25, 0.3) is 5.91 Å². The zero-order chi connectivity index (χ0) is 20.2. The summed E-state index contributed by atoms with van der Waals surface area (Å²) in [6.07, 6.45) is 3.71. The van der Waals surface area contributed by atoms with Crippen LogP contribution in [0.5, 0.6) is 0 Å². The third kappa shape index (κ3) is 4.45. The third-order valence-corrected chi connectivity index (χ3v) is 6.24. The maximum absolute atomic E-state index is 14.0. The molecule has 0 radical (unpaired) electrons. The Kier molecular flexibility index (Phi) is 5.85. The number of thioether (sulfide) groups is 1. The van der Waals surface area contributed by atoms with E-state index in [1.165, 1.54) is 6.07 Å². The molecule has 1 fully saturated rings. The lowest BCUT2D eigenvalue weighted by molar-refractivity contribution is 0.0746. The van der Waals surface area contributed by atoms with Crippen LogP contribution in [0.25, 0.3) is 0 Å². The van der Waals surface area contributed by atoms with Crippen molar-refractivity contribution in [3.63, 3.8) is 0 Å². The van der Waals surface area contributed by atoms with Crippen molar-refractivity contribution in [1.82, 2.24) is 14.5 Å². The van der Waals surface area contributed by atoms with Gasteiger partial charge in [-0.25, -0.2) is 9.37 Å². The van der Waals surface area contributed by atoms with Crippen LogP contribution >= 0.6 is 11.8 Å². The molecule has 5 nitrogen and oxygen atoms in total. The fourth-order valence-corrected chi connectivity index (χ4v) is 4.31. The number of aryl methyl sites for hydroxylation is 1. The Morgan fingerprint density at radius 1 is 1.07 bits per heavy atom. The number of para-hydroxylation sites is 1. The lowest BCUT2D eigenvalue weighted by atomic mass is 10.1. The molecular formula is C22H23FN4OS. The molecule has 0 spiro atoms. The minimum Gasteiger partial charge on any atom is -0.366 e. The molecule has 4 rings (SSSR count). The monoisotopic (exact) mass is 410 g/mol. The van der Waals surface area contributed by atoms with E-state index < -0.39 is 0 Å². The zero-order valence-corrected chi connectivity index (χ0v) is 17.1. The first kappa shape index (κ1) is 19.5. The van der Waals surface area contributed by atoms with Gasteiger partial charge >= 0.3 is 0 Å². The van der Waals surface area contributed by atoms with Crippen LogP contribution in [0.4, 0.5) is 10.1 Å². The highest BCUT2D eigenvalue weighted by Gasteiger charge is 2.23. The molecule has 1 saturated heterocycles. The Labute approximate surface area is 174 Å². The maximum Gasteiger partial charge on any atom is 0.253 e. The molecule has 0 atom stereocenters. The van der Waals surface area contributed by atoms with Gasteiger partial charge in [0.1, 0.15) is 5.82 Å². The fourth-order valence-electron chi connectivity index (χ4n) is 3.42. The predicted molar refractivity (Wildman–Crippen MR) is 114 cm³/mol. The molecule has 0 aliphatic carbocycles. The average Bonchev–Trinajstić information content (AvgIpc) is 3.17. The van der Waals surface area contributed by atoms with Gasteiger partial charge in [-0.05, 0) is 29.8 Å². The van der Waals surface area contributed by atoms with E-state index in [4.69, 9.17) is 0 Å². The quantitative estimate of drug-likeness (QED) is 0.600. The lowest BCUT2D eigenvalue weighted by Crippen LogP contribution is -2.49. The van der Waals surface area contributed by atoms with Crippen molar-refractivity contribution in [2.24, 2.45) is 7.05 Å². The number of aromatic nitrogens is 2. The van der Waals surface area contributed by atoms with Crippen molar-refractivity contribution in [3.8, 4) is 0 Å². The summed E-state index contributed by atoms with van der Waals surface area (Å²) in [5.74, 6) is 0.619. The average molecular weight is 411 g/mol. The van der Waals surface area contributed by atoms with E-state index in [-0.39, 0.29) is 11.7 Å². The minimum atomic E-state index is -0.216. The van der Waals surface area contributed by atoms with Gasteiger partial charge in [-0.2, -0.15) is 0 Å². The first-order valence-electron chi connectivity index (χ1n) is 9.59. The number of hydrogen-bond acceptors (Lipinski definition) is 4. The van der Waals surface area contributed by atoms with Gasteiger partial charge in [0.05, 0.1) is 5.69 Å². The van der Waals surface area contributed by atoms with E-state index in [1.54, 1.807) is 30.1 Å². The molecule has 3 aromatic rings. The molecule has 1 aliphatic heterocycles. The second-order valence-electron chi connectivity index (χ2n) is 7.04. The molecule has 0 saturated carbocycles. The van der Waals surface area contributed by atoms with Gasteiger partial charge in [-0.1, -0.05) is 36.0 Å². The van der Waals surface area contributed by atoms with Crippen LogP contribution in [0, 0.1) is 5.82 Å². The van der Waals surface area contributed by atoms with Crippen LogP contribution in [-0.4, -0.2) is 46.5 Å². The Morgan fingerprint density at radius 3 is 2.45 bits per heavy atom. The van der Waals surface area contributed by atoms with Gasteiger partial charge in [-0.3, -0.25) is 4.79 Å². The number of rotatable bonds is 5. The molecule has 2 heterocycles. The number of piperazine rings is 1. The number of amides is 1. The molecule has 0 unspecified atom stereocenters. The van der Waals surface area contributed by atoms with E-state index in [0.717, 1.165) is 16.5 Å². The van der Waals surface area contributed by atoms with E-state index in [1.807, 2.05) is 57.9 Å². The van der Waals surface area contributed by atoms with E-state index >= 15 is 0 Å². The summed E-state index contributed by atoms with van der Waals surface area (Å²) >= 11 is 1.67. The summed E-state index contributed by atoms with van der Waals surface area (Å²) in [5.41, 5.74) is 2.45. The van der Waals surface area contributed by atoms with E-state index in [9.17, 15) is 9.18 Å². The Morgan fingerprint density at radius 2 is 1.79 bits per heavy atom. The predicted octanol–water partition coefficient (Wildman–Crippen LogP) is 3.81. The third-order valence-electron chi connectivity index (χ3n) is 5.11. The molecule has 150 valence electrons. The zero-order valence-electron chi connectivity index (χ0n) is 16.3. The number of hydrogen-bond donors (Lipinski definition) is 0. The number of anilines is 1. The summed E-state index contributed by atoms with van der Waals surface area (Å²) < 4.78 is 16.0. The fraction of sp³-hybridized carbons (Fsp3) is 0.273. The van der Waals surface area contributed by atoms with Crippen LogP contribution in [0.2, 0.25) is 0 Å². The topological polar surface area (TPSA) is 41.4 Å². The highest BCUT2D eigenvalue weighted by molar-refractivity contribution is 7.98. The molecular weight excluding hydrogens is 387 g/mol. The molecule has 7 heteroatoms. The van der Waals surface area contributed by atoms with Crippen molar-refractivity contribution < 1.29 is 9.18 Å². The largest absolute Gasteiger partial charge is 0.366 e. The molecule has 0 bridgehead atoms. The lowest BCUT2D eigenvalue weighted by Gasteiger charge is -2.36. The molecule has 1 aliphatic rings. The van der Waals surface area contributed by atoms with Gasteiger partial charge in [0.15, 0.2) is 5.16 Å². The van der Waals surface area contributed by atoms with Crippen LogP contribution in [-0.2, 0) is 12.8 Å². The van der Waals surface area contributed by atoms with Crippen molar-refractivity contribution in [2.45, 2.75) is 10.9 Å². The Hall–Kier alpha value is -2.80. The van der Waals surface area contributed by atoms with Gasteiger partial charge < -0.3 is 14.4 Å². The van der Waals surface area contributed by atoms with Crippen molar-refractivity contribution in [3.05, 3.63) is 77.9 Å². The van der Waals surface area contributed by atoms with Crippen molar-refractivity contribution in [1.29, 1.82) is 0 Å². The van der Waals surface area contributed by atoms with Crippen molar-refractivity contribution in [2.75, 3.05) is 31.1 Å². The number of carbonyl (C=O) groups is 1. The second-order valence-corrected chi connectivity index (χ2v) is 7.98. The van der Waals surface area contributed by atoms with Crippen molar-refractivity contribution >= 4 is 23.4 Å². The number of carbonyl (C=O) groups excluding carboxylic acids is 1. The first-order chi connectivity index (χ1) is 14.1. The first-order valence-corrected chi connectivity index (χ1v) is 10.6. The molecule has 0 N–H and O–H groups in total. The highest BCUT2D eigenvalue weighted by Crippen LogP contribution is 2.22. The Bertz CT molecular complexity index is 980. The van der Waals surface area contributed by atoms with E-state index in [0.29, 0.717) is 37.4 Å². The second kappa shape index (κ2) is 8.69. The summed E-state index contributed by atoms with van der Waals surface area (Å²) in [6, 6.07) is 14.6. The van der Waals surface area contributed by atoms with Crippen LogP contribution in [0.3, 0.4) is 0 Å². The van der Waals surface area contributed by atoms with Crippen LogP contribution in [0.15, 0.2) is 66.1 Å². The van der Waals surface area contributed by atoms with Gasteiger partial charge in [0, 0.05) is 56.9 Å². The van der Waals surface area contributed by atoms with Gasteiger partial charge in [0.2, 0.25) is 0 Å². The summed E-state index contributed by atoms with van der Waals surface area (Å²) in [4.78, 5) is 21.0. The standard InChI is InChI=1S/C22H23FN4OS/c1-25-11-10-24-22(25)29-16-17-6-8-18(9-7-17)21(28)27-14-12-26(13-15-27)20-5-3-2-4-19(20)23/h2-11H,12-16H2,1H3. The normalized spacial score (nSPS) is 14.3. The van der Waals surface area contributed by atoms with E-state index in [2.05, 4.69) is 4.98 Å². The number of halogens is 1. The minimum absolute atomic E-state index is 0.0292. The molecule has 1 aromatic heterocycles. The van der Waals surface area contributed by atoms with Crippen LogP contribution in [0.1, 0.15) is 15.9 Å². The maximum atomic E-state index is 14.0. The molecule has 1 amide bonds. The molecule has 29 heavy (non-hydrogen) atoms. The molecule has 2 aromatic carbocycles. The Balaban J connectivity index is 1.33.